The van der Waals surface area contributed by atoms with Gasteiger partial charge in [-0.2, -0.15) is 0 Å². The zero-order chi connectivity index (χ0) is 9.14. The Balaban J connectivity index is 3.09. The first-order chi connectivity index (χ1) is 5.65. The van der Waals surface area contributed by atoms with E-state index in [1.807, 2.05) is 0 Å². The molecule has 2 nitrogen and oxygen atoms in total. The maximum Gasteiger partial charge on any atom is 0.182 e. The minimum absolute atomic E-state index is 0.0725. The Morgan fingerprint density at radius 2 is 2.25 bits per heavy atom. The molecule has 1 aromatic heterocycles. The number of rotatable bonds is 2. The maximum absolute atomic E-state index is 11.2. The van der Waals surface area contributed by atoms with Gasteiger partial charge in [-0.25, -0.2) is 0 Å². The van der Waals surface area contributed by atoms with Crippen molar-refractivity contribution >= 4 is 29.0 Å². The monoisotopic (exact) mass is 203 g/mol. The lowest BCUT2D eigenvalue weighted by molar-refractivity contribution is 0.0983. The maximum atomic E-state index is 11.2. The number of nitrogens with zero attached hydrogens (tertiary/aromatic N) is 1. The van der Waals surface area contributed by atoms with Gasteiger partial charge in [0.15, 0.2) is 5.78 Å². The van der Waals surface area contributed by atoms with Crippen LogP contribution in [0.3, 0.4) is 0 Å². The third kappa shape index (κ3) is 1.96. The molecule has 0 fully saturated rings. The molecule has 1 heterocycles. The van der Waals surface area contributed by atoms with E-state index in [-0.39, 0.29) is 5.78 Å². The number of hydrogen-bond donors (Lipinski definition) is 0. The lowest BCUT2D eigenvalue weighted by Gasteiger charge is -1.99. The van der Waals surface area contributed by atoms with Crippen LogP contribution in [-0.4, -0.2) is 10.8 Å². The molecule has 0 aromatic carbocycles. The van der Waals surface area contributed by atoms with E-state index in [1.165, 1.54) is 12.3 Å². The predicted octanol–water partition coefficient (Wildman–Crippen LogP) is 2.98. The predicted molar refractivity (Wildman–Crippen MR) is 48.9 cm³/mol. The standard InChI is InChI=1S/C8H7Cl2NO/c1-2-7(12)8-6(10)3-5(9)4-11-8/h3-4H,2H2,1H3. The van der Waals surface area contributed by atoms with Crippen LogP contribution >= 0.6 is 23.2 Å². The fourth-order valence-electron chi connectivity index (χ4n) is 0.787. The molecule has 0 aliphatic heterocycles. The van der Waals surface area contributed by atoms with E-state index in [4.69, 9.17) is 23.2 Å². The normalized spacial score (nSPS) is 9.92. The van der Waals surface area contributed by atoms with Gasteiger partial charge in [0.2, 0.25) is 0 Å². The molecule has 1 aromatic rings. The van der Waals surface area contributed by atoms with E-state index in [2.05, 4.69) is 4.98 Å². The molecule has 0 atom stereocenters. The second-order valence-corrected chi connectivity index (χ2v) is 3.10. The molecule has 0 saturated carbocycles. The van der Waals surface area contributed by atoms with Crippen LogP contribution in [0.4, 0.5) is 0 Å². The van der Waals surface area contributed by atoms with Crippen LogP contribution in [-0.2, 0) is 0 Å². The van der Waals surface area contributed by atoms with Gasteiger partial charge in [0.1, 0.15) is 5.69 Å². The second kappa shape index (κ2) is 3.87. The van der Waals surface area contributed by atoms with E-state index in [0.717, 1.165) is 0 Å². The van der Waals surface area contributed by atoms with Crippen molar-refractivity contribution in [1.82, 2.24) is 4.98 Å². The Morgan fingerprint density at radius 1 is 1.58 bits per heavy atom. The average Bonchev–Trinajstić information content (AvgIpc) is 2.03. The highest BCUT2D eigenvalue weighted by atomic mass is 35.5. The van der Waals surface area contributed by atoms with Gasteiger partial charge in [-0.05, 0) is 6.07 Å². The van der Waals surface area contributed by atoms with Crippen molar-refractivity contribution in [3.8, 4) is 0 Å². The summed E-state index contributed by atoms with van der Waals surface area (Å²) < 4.78 is 0. The first-order valence-corrected chi connectivity index (χ1v) is 4.25. The van der Waals surface area contributed by atoms with Crippen LogP contribution in [0.2, 0.25) is 10.0 Å². The summed E-state index contributed by atoms with van der Waals surface area (Å²) in [6, 6.07) is 1.51. The number of aromatic nitrogens is 1. The molecular formula is C8H7Cl2NO. The summed E-state index contributed by atoms with van der Waals surface area (Å²) in [5, 5.41) is 0.752. The lowest BCUT2D eigenvalue weighted by atomic mass is 10.2. The minimum atomic E-state index is -0.0725. The van der Waals surface area contributed by atoms with Gasteiger partial charge >= 0.3 is 0 Å². The highest BCUT2D eigenvalue weighted by Gasteiger charge is 2.09. The zero-order valence-corrected chi connectivity index (χ0v) is 7.99. The number of Topliss-reactive ketones (excluding diaryl/α,β-unsaturated/α-hetero) is 1. The number of hydrogen-bond acceptors (Lipinski definition) is 2. The summed E-state index contributed by atoms with van der Waals surface area (Å²) in [5.74, 6) is -0.0725. The fraction of sp³-hybridized carbons (Fsp3) is 0.250. The Bertz CT molecular complexity index is 312. The molecule has 0 spiro atoms. The molecule has 4 heteroatoms. The molecule has 64 valence electrons. The molecule has 1 rings (SSSR count). The Labute approximate surface area is 80.5 Å². The van der Waals surface area contributed by atoms with Crippen molar-refractivity contribution in [1.29, 1.82) is 0 Å². The topological polar surface area (TPSA) is 30.0 Å². The van der Waals surface area contributed by atoms with Crippen LogP contribution in [0.1, 0.15) is 23.8 Å². The van der Waals surface area contributed by atoms with Crippen LogP contribution in [0, 0.1) is 0 Å². The molecule has 0 unspecified atom stereocenters. The molecule has 0 bridgehead atoms. The van der Waals surface area contributed by atoms with Gasteiger partial charge in [0, 0.05) is 12.6 Å². The van der Waals surface area contributed by atoms with Crippen molar-refractivity contribution < 1.29 is 4.79 Å². The first kappa shape index (κ1) is 9.49. The second-order valence-electron chi connectivity index (χ2n) is 2.26. The minimum Gasteiger partial charge on any atom is -0.292 e. The van der Waals surface area contributed by atoms with Gasteiger partial charge in [0.25, 0.3) is 0 Å². The summed E-state index contributed by atoms with van der Waals surface area (Å²) in [6.07, 6.45) is 1.81. The summed E-state index contributed by atoms with van der Waals surface area (Å²) in [5.41, 5.74) is 0.295. The van der Waals surface area contributed by atoms with Crippen LogP contribution in [0.25, 0.3) is 0 Å². The van der Waals surface area contributed by atoms with E-state index < -0.39 is 0 Å². The molecule has 0 N–H and O–H groups in total. The molecular weight excluding hydrogens is 197 g/mol. The van der Waals surface area contributed by atoms with Crippen molar-refractivity contribution in [2.75, 3.05) is 0 Å². The van der Waals surface area contributed by atoms with E-state index in [1.54, 1.807) is 6.92 Å². The molecule has 12 heavy (non-hydrogen) atoms. The fourth-order valence-corrected chi connectivity index (χ4v) is 1.27. The van der Waals surface area contributed by atoms with Gasteiger partial charge in [-0.1, -0.05) is 30.1 Å². The average molecular weight is 204 g/mol. The van der Waals surface area contributed by atoms with Crippen molar-refractivity contribution in [2.45, 2.75) is 13.3 Å². The van der Waals surface area contributed by atoms with Gasteiger partial charge in [-0.3, -0.25) is 9.78 Å². The Hall–Kier alpha value is -0.600. The van der Waals surface area contributed by atoms with Crippen molar-refractivity contribution in [3.05, 3.63) is 28.0 Å². The highest BCUT2D eigenvalue weighted by Crippen LogP contribution is 2.19. The SMILES string of the molecule is CCC(=O)c1ncc(Cl)cc1Cl. The number of pyridine rings is 1. The summed E-state index contributed by atoms with van der Waals surface area (Å²) in [7, 11) is 0. The number of carbonyl (C=O) groups excluding carboxylic acids is 1. The van der Waals surface area contributed by atoms with Crippen molar-refractivity contribution in [2.24, 2.45) is 0 Å². The quantitative estimate of drug-likeness (QED) is 0.693. The van der Waals surface area contributed by atoms with Crippen LogP contribution in [0.15, 0.2) is 12.3 Å². The number of ketones is 1. The van der Waals surface area contributed by atoms with Gasteiger partial charge in [-0.15, -0.1) is 0 Å². The highest BCUT2D eigenvalue weighted by molar-refractivity contribution is 6.36. The molecule has 0 aliphatic carbocycles. The van der Waals surface area contributed by atoms with Gasteiger partial charge in [0.05, 0.1) is 10.0 Å². The van der Waals surface area contributed by atoms with Crippen LogP contribution < -0.4 is 0 Å². The molecule has 0 amide bonds. The Kier molecular flexibility index (Phi) is 3.06. The largest absolute Gasteiger partial charge is 0.292 e. The lowest BCUT2D eigenvalue weighted by Crippen LogP contribution is -2.00. The number of halogens is 2. The molecule has 0 saturated heterocycles. The molecule has 0 radical (unpaired) electrons. The summed E-state index contributed by atoms with van der Waals surface area (Å²) >= 11 is 11.3. The Morgan fingerprint density at radius 3 is 2.75 bits per heavy atom. The van der Waals surface area contributed by atoms with Crippen LogP contribution in [0.5, 0.6) is 0 Å². The zero-order valence-electron chi connectivity index (χ0n) is 6.47. The summed E-state index contributed by atoms with van der Waals surface area (Å²) in [6.45, 7) is 1.76. The third-order valence-electron chi connectivity index (χ3n) is 1.39. The van der Waals surface area contributed by atoms with E-state index in [9.17, 15) is 4.79 Å². The van der Waals surface area contributed by atoms with Crippen molar-refractivity contribution in [3.63, 3.8) is 0 Å². The van der Waals surface area contributed by atoms with E-state index in [0.29, 0.717) is 22.2 Å². The number of carbonyl (C=O) groups is 1. The van der Waals surface area contributed by atoms with E-state index >= 15 is 0 Å². The first-order valence-electron chi connectivity index (χ1n) is 3.49. The smallest absolute Gasteiger partial charge is 0.182 e. The third-order valence-corrected chi connectivity index (χ3v) is 1.89. The molecule has 0 aliphatic rings. The van der Waals surface area contributed by atoms with Gasteiger partial charge < -0.3 is 0 Å². The summed E-state index contributed by atoms with van der Waals surface area (Å²) in [4.78, 5) is 15.0.